The summed E-state index contributed by atoms with van der Waals surface area (Å²) in [6.07, 6.45) is 6.18. The number of fused-ring (bicyclic) bond motifs is 1. The summed E-state index contributed by atoms with van der Waals surface area (Å²) in [4.78, 5) is 0. The van der Waals surface area contributed by atoms with E-state index in [4.69, 9.17) is 0 Å². The Kier molecular flexibility index (Phi) is 4.66. The molecule has 0 amide bonds. The van der Waals surface area contributed by atoms with Crippen LogP contribution in [0.5, 0.6) is 0 Å². The van der Waals surface area contributed by atoms with Crippen molar-refractivity contribution in [1.82, 2.24) is 5.32 Å². The molecule has 0 saturated carbocycles. The van der Waals surface area contributed by atoms with Gasteiger partial charge in [-0.2, -0.15) is 0 Å². The first-order chi connectivity index (χ1) is 11.1. The minimum Gasteiger partial charge on any atom is -0.382 e. The zero-order chi connectivity index (χ0) is 16.2. The Bertz CT molecular complexity index is 709. The van der Waals surface area contributed by atoms with Crippen molar-refractivity contribution in [2.45, 2.75) is 38.6 Å². The highest BCUT2D eigenvalue weighted by Gasteiger charge is 2.18. The van der Waals surface area contributed by atoms with Gasteiger partial charge >= 0.3 is 0 Å². The quantitative estimate of drug-likeness (QED) is 0.787. The third-order valence-electron chi connectivity index (χ3n) is 4.66. The van der Waals surface area contributed by atoms with Crippen LogP contribution in [0, 0.1) is 6.92 Å². The van der Waals surface area contributed by atoms with Crippen LogP contribution in [0.25, 0.3) is 0 Å². The number of hydrogen-bond donors (Lipinski definition) is 1. The molecule has 0 saturated heterocycles. The van der Waals surface area contributed by atoms with Crippen molar-refractivity contribution in [3.05, 3.63) is 95.2 Å². The highest BCUT2D eigenvalue weighted by Crippen LogP contribution is 2.24. The fraction of sp³-hybridized carbons (Fsp3) is 0.273. The first-order valence-electron chi connectivity index (χ1n) is 8.38. The molecule has 1 atom stereocenters. The summed E-state index contributed by atoms with van der Waals surface area (Å²) in [7, 11) is 0. The van der Waals surface area contributed by atoms with E-state index < -0.39 is 0 Å². The molecular formula is C22H25N. The molecule has 118 valence electrons. The topological polar surface area (TPSA) is 12.0 Å². The molecule has 0 aliphatic heterocycles. The average Bonchev–Trinajstić information content (AvgIpc) is 2.57. The molecule has 1 unspecified atom stereocenters. The van der Waals surface area contributed by atoms with Crippen molar-refractivity contribution in [2.75, 3.05) is 0 Å². The van der Waals surface area contributed by atoms with Gasteiger partial charge in [0.1, 0.15) is 0 Å². The molecular weight excluding hydrogens is 278 g/mol. The van der Waals surface area contributed by atoms with Gasteiger partial charge in [-0.15, -0.1) is 0 Å². The van der Waals surface area contributed by atoms with Crippen molar-refractivity contribution in [1.29, 1.82) is 0 Å². The van der Waals surface area contributed by atoms with Crippen LogP contribution < -0.4 is 5.32 Å². The molecule has 1 aliphatic carbocycles. The number of rotatable bonds is 5. The summed E-state index contributed by atoms with van der Waals surface area (Å²) in [5, 5.41) is 3.46. The number of benzene rings is 2. The van der Waals surface area contributed by atoms with Crippen LogP contribution in [0.4, 0.5) is 0 Å². The smallest absolute Gasteiger partial charge is 0.0304 e. The predicted molar refractivity (Wildman–Crippen MR) is 98.7 cm³/mol. The monoisotopic (exact) mass is 303 g/mol. The fourth-order valence-electron chi connectivity index (χ4n) is 3.30. The Labute approximate surface area is 139 Å². The molecule has 0 radical (unpaired) electrons. The van der Waals surface area contributed by atoms with Crippen LogP contribution >= 0.6 is 0 Å². The molecule has 0 heterocycles. The van der Waals surface area contributed by atoms with E-state index in [1.807, 2.05) is 0 Å². The van der Waals surface area contributed by atoms with Gasteiger partial charge < -0.3 is 5.32 Å². The van der Waals surface area contributed by atoms with Gasteiger partial charge in [-0.05, 0) is 60.9 Å². The lowest BCUT2D eigenvalue weighted by Crippen LogP contribution is -2.33. The van der Waals surface area contributed by atoms with E-state index in [0.29, 0.717) is 6.04 Å². The van der Waals surface area contributed by atoms with E-state index in [0.717, 1.165) is 31.4 Å². The number of hydrogen-bond acceptors (Lipinski definition) is 1. The number of nitrogens with one attached hydrogen (secondary N) is 1. The summed E-state index contributed by atoms with van der Waals surface area (Å²) >= 11 is 0. The van der Waals surface area contributed by atoms with Crippen LogP contribution in [0.1, 0.15) is 34.2 Å². The maximum atomic E-state index is 3.96. The van der Waals surface area contributed by atoms with Crippen LogP contribution in [-0.4, -0.2) is 6.04 Å². The molecule has 1 heteroatoms. The second-order valence-electron chi connectivity index (χ2n) is 6.58. The summed E-state index contributed by atoms with van der Waals surface area (Å²) in [6, 6.07) is 16.3. The first kappa shape index (κ1) is 15.6. The van der Waals surface area contributed by atoms with E-state index in [1.165, 1.54) is 27.8 Å². The second kappa shape index (κ2) is 6.87. The summed E-state index contributed by atoms with van der Waals surface area (Å²) in [6.45, 7) is 9.86. The molecule has 0 aromatic heterocycles. The highest BCUT2D eigenvalue weighted by atomic mass is 14.9. The average molecular weight is 303 g/mol. The standard InChI is InChI=1S/C22H25N/c1-4-17(3)23-22-12-11-20-14-19(9-10-21(20)15-22)13-18-7-5-16(2)6-8-18/h4-10,14,22-23H,1,3,11-13,15H2,2H3. The molecule has 0 fully saturated rings. The van der Waals surface area contributed by atoms with Crippen molar-refractivity contribution in [3.8, 4) is 0 Å². The van der Waals surface area contributed by atoms with Crippen LogP contribution in [0.2, 0.25) is 0 Å². The van der Waals surface area contributed by atoms with Crippen LogP contribution in [0.15, 0.2) is 67.4 Å². The van der Waals surface area contributed by atoms with Gasteiger partial charge in [0.05, 0.1) is 0 Å². The maximum Gasteiger partial charge on any atom is 0.0304 e. The van der Waals surface area contributed by atoms with Gasteiger partial charge in [-0.3, -0.25) is 0 Å². The van der Waals surface area contributed by atoms with E-state index >= 15 is 0 Å². The highest BCUT2D eigenvalue weighted by molar-refractivity contribution is 5.37. The largest absolute Gasteiger partial charge is 0.382 e. The third-order valence-corrected chi connectivity index (χ3v) is 4.66. The molecule has 2 aromatic carbocycles. The molecule has 2 aromatic rings. The Balaban J connectivity index is 1.70. The molecule has 0 bridgehead atoms. The minimum absolute atomic E-state index is 0.482. The molecule has 1 aliphatic rings. The van der Waals surface area contributed by atoms with Crippen LogP contribution in [0.3, 0.4) is 0 Å². The van der Waals surface area contributed by atoms with Gasteiger partial charge in [0.2, 0.25) is 0 Å². The predicted octanol–water partition coefficient (Wildman–Crippen LogP) is 4.73. The number of aryl methyl sites for hydroxylation is 2. The zero-order valence-corrected chi connectivity index (χ0v) is 13.9. The zero-order valence-electron chi connectivity index (χ0n) is 13.9. The van der Waals surface area contributed by atoms with Gasteiger partial charge in [-0.25, -0.2) is 0 Å². The normalized spacial score (nSPS) is 16.5. The molecule has 1 N–H and O–H groups in total. The van der Waals surface area contributed by atoms with Crippen molar-refractivity contribution in [2.24, 2.45) is 0 Å². The maximum absolute atomic E-state index is 3.96. The minimum atomic E-state index is 0.482. The van der Waals surface area contributed by atoms with Crippen molar-refractivity contribution < 1.29 is 0 Å². The lowest BCUT2D eigenvalue weighted by Gasteiger charge is -2.27. The van der Waals surface area contributed by atoms with Crippen molar-refractivity contribution >= 4 is 0 Å². The first-order valence-corrected chi connectivity index (χ1v) is 8.38. The molecule has 3 rings (SSSR count). The number of allylic oxidation sites excluding steroid dienone is 1. The summed E-state index contributed by atoms with van der Waals surface area (Å²) in [5.41, 5.74) is 8.02. The Morgan fingerprint density at radius 3 is 2.61 bits per heavy atom. The van der Waals surface area contributed by atoms with Gasteiger partial charge in [-0.1, -0.05) is 61.2 Å². The Morgan fingerprint density at radius 2 is 1.87 bits per heavy atom. The van der Waals surface area contributed by atoms with Crippen molar-refractivity contribution in [3.63, 3.8) is 0 Å². The third kappa shape index (κ3) is 3.92. The van der Waals surface area contributed by atoms with Gasteiger partial charge in [0.25, 0.3) is 0 Å². The van der Waals surface area contributed by atoms with E-state index in [2.05, 4.69) is 67.9 Å². The summed E-state index contributed by atoms with van der Waals surface area (Å²) < 4.78 is 0. The second-order valence-corrected chi connectivity index (χ2v) is 6.58. The lowest BCUT2D eigenvalue weighted by atomic mass is 9.86. The Hall–Kier alpha value is -2.28. The fourth-order valence-corrected chi connectivity index (χ4v) is 3.30. The Morgan fingerprint density at radius 1 is 1.13 bits per heavy atom. The van der Waals surface area contributed by atoms with Gasteiger partial charge in [0.15, 0.2) is 0 Å². The lowest BCUT2D eigenvalue weighted by molar-refractivity contribution is 0.504. The summed E-state index contributed by atoms with van der Waals surface area (Å²) in [5.74, 6) is 0. The molecule has 23 heavy (non-hydrogen) atoms. The van der Waals surface area contributed by atoms with Crippen LogP contribution in [-0.2, 0) is 19.3 Å². The van der Waals surface area contributed by atoms with E-state index in [-0.39, 0.29) is 0 Å². The van der Waals surface area contributed by atoms with E-state index in [9.17, 15) is 0 Å². The molecule has 0 spiro atoms. The molecule has 1 nitrogen and oxygen atoms in total. The van der Waals surface area contributed by atoms with Gasteiger partial charge in [0, 0.05) is 11.7 Å². The van der Waals surface area contributed by atoms with E-state index in [1.54, 1.807) is 6.08 Å². The SMILES string of the molecule is C=CC(=C)NC1CCc2cc(Cc3ccc(C)cc3)ccc2C1.